The molecule has 0 bridgehead atoms. The molecule has 0 aliphatic carbocycles. The van der Waals surface area contributed by atoms with Gasteiger partial charge in [-0.05, 0) is 67.6 Å². The van der Waals surface area contributed by atoms with Gasteiger partial charge in [0.15, 0.2) is 0 Å². The zero-order chi connectivity index (χ0) is 22.8. The van der Waals surface area contributed by atoms with E-state index in [9.17, 15) is 9.18 Å². The van der Waals surface area contributed by atoms with Crippen molar-refractivity contribution < 1.29 is 13.6 Å². The fourth-order valence-corrected chi connectivity index (χ4v) is 3.99. The number of hydrogen-bond donors (Lipinski definition) is 0. The average Bonchev–Trinajstić information content (AvgIpc) is 3.35. The van der Waals surface area contributed by atoms with Gasteiger partial charge in [-0.25, -0.2) is 4.39 Å². The largest absolute Gasteiger partial charge is 0.416 e. The summed E-state index contributed by atoms with van der Waals surface area (Å²) in [5.74, 6) is 0.625. The molecule has 33 heavy (non-hydrogen) atoms. The van der Waals surface area contributed by atoms with Crippen molar-refractivity contribution in [2.24, 2.45) is 0 Å². The minimum Gasteiger partial charge on any atom is -0.416 e. The Morgan fingerprint density at radius 2 is 1.52 bits per heavy atom. The van der Waals surface area contributed by atoms with E-state index in [1.54, 1.807) is 24.3 Å². The first-order chi connectivity index (χ1) is 16.1. The number of rotatable bonds is 4. The van der Waals surface area contributed by atoms with Crippen molar-refractivity contribution in [3.05, 3.63) is 89.7 Å². The third-order valence-electron chi connectivity index (χ3n) is 5.83. The van der Waals surface area contributed by atoms with Gasteiger partial charge in [-0.1, -0.05) is 17.7 Å². The Labute approximate surface area is 191 Å². The van der Waals surface area contributed by atoms with Crippen molar-refractivity contribution in [1.29, 1.82) is 0 Å². The van der Waals surface area contributed by atoms with E-state index in [-0.39, 0.29) is 11.7 Å². The lowest BCUT2D eigenvalue weighted by atomic mass is 10.1. The molecule has 6 nitrogen and oxygen atoms in total. The molecule has 1 aliphatic rings. The van der Waals surface area contributed by atoms with E-state index in [4.69, 9.17) is 4.42 Å². The van der Waals surface area contributed by atoms with Crippen LogP contribution in [0.1, 0.15) is 15.9 Å². The maximum absolute atomic E-state index is 13.2. The molecule has 0 saturated carbocycles. The molecular weight excluding hydrogens is 419 g/mol. The SMILES string of the molecule is Cc1cccc(-c2nnc(-c3ccc(C(=O)N4CCN(c5ccc(F)cc5)CC4)cc3)o2)c1. The molecule has 3 aromatic carbocycles. The maximum Gasteiger partial charge on any atom is 0.253 e. The Bertz CT molecular complexity index is 1260. The number of nitrogens with zero attached hydrogens (tertiary/aromatic N) is 4. The van der Waals surface area contributed by atoms with Crippen LogP contribution < -0.4 is 4.90 Å². The number of amides is 1. The summed E-state index contributed by atoms with van der Waals surface area (Å²) >= 11 is 0. The summed E-state index contributed by atoms with van der Waals surface area (Å²) < 4.78 is 19.0. The van der Waals surface area contributed by atoms with E-state index < -0.39 is 0 Å². The van der Waals surface area contributed by atoms with E-state index in [1.807, 2.05) is 48.2 Å². The lowest BCUT2D eigenvalue weighted by molar-refractivity contribution is 0.0747. The lowest BCUT2D eigenvalue weighted by Crippen LogP contribution is -2.48. The van der Waals surface area contributed by atoms with Crippen molar-refractivity contribution in [3.63, 3.8) is 0 Å². The van der Waals surface area contributed by atoms with Gasteiger partial charge in [-0.15, -0.1) is 10.2 Å². The predicted octanol–water partition coefficient (Wildman–Crippen LogP) is 4.81. The van der Waals surface area contributed by atoms with E-state index in [2.05, 4.69) is 15.1 Å². The summed E-state index contributed by atoms with van der Waals surface area (Å²) in [6.07, 6.45) is 0. The molecule has 166 valence electrons. The Balaban J connectivity index is 1.24. The van der Waals surface area contributed by atoms with Crippen molar-refractivity contribution in [2.75, 3.05) is 31.1 Å². The number of aryl methyl sites for hydroxylation is 1. The Hall–Kier alpha value is -4.00. The number of hydrogen-bond acceptors (Lipinski definition) is 5. The van der Waals surface area contributed by atoms with E-state index in [0.717, 1.165) is 22.4 Å². The molecular formula is C26H23FN4O2. The maximum atomic E-state index is 13.2. The third-order valence-corrected chi connectivity index (χ3v) is 5.83. The first-order valence-electron chi connectivity index (χ1n) is 10.9. The number of aromatic nitrogens is 2. The zero-order valence-corrected chi connectivity index (χ0v) is 18.2. The van der Waals surface area contributed by atoms with Gasteiger partial charge in [0.1, 0.15) is 5.82 Å². The van der Waals surface area contributed by atoms with Crippen molar-refractivity contribution >= 4 is 11.6 Å². The lowest BCUT2D eigenvalue weighted by Gasteiger charge is -2.36. The number of carbonyl (C=O) groups is 1. The highest BCUT2D eigenvalue weighted by Crippen LogP contribution is 2.25. The molecule has 1 aromatic heterocycles. The van der Waals surface area contributed by atoms with Crippen LogP contribution in [-0.2, 0) is 0 Å². The first kappa shape index (κ1) is 20.9. The van der Waals surface area contributed by atoms with Crippen molar-refractivity contribution in [2.45, 2.75) is 6.92 Å². The average molecular weight is 442 g/mol. The molecule has 2 heterocycles. The molecule has 1 amide bonds. The Morgan fingerprint density at radius 3 is 2.18 bits per heavy atom. The molecule has 0 spiro atoms. The smallest absolute Gasteiger partial charge is 0.253 e. The number of anilines is 1. The van der Waals surface area contributed by atoms with Gasteiger partial charge in [0.05, 0.1) is 0 Å². The number of piperazine rings is 1. The van der Waals surface area contributed by atoms with Gasteiger partial charge in [-0.2, -0.15) is 0 Å². The second-order valence-corrected chi connectivity index (χ2v) is 8.11. The second kappa shape index (κ2) is 8.86. The molecule has 0 unspecified atom stereocenters. The van der Waals surface area contributed by atoms with Gasteiger partial charge in [-0.3, -0.25) is 4.79 Å². The number of carbonyl (C=O) groups excluding carboxylic acids is 1. The molecule has 0 atom stereocenters. The zero-order valence-electron chi connectivity index (χ0n) is 18.2. The molecule has 7 heteroatoms. The van der Waals surface area contributed by atoms with Crippen LogP contribution >= 0.6 is 0 Å². The molecule has 0 radical (unpaired) electrons. The second-order valence-electron chi connectivity index (χ2n) is 8.11. The minimum atomic E-state index is -0.247. The van der Waals surface area contributed by atoms with Gasteiger partial charge in [0, 0.05) is 48.6 Å². The van der Waals surface area contributed by atoms with Gasteiger partial charge < -0.3 is 14.2 Å². The molecule has 1 aliphatic heterocycles. The normalized spacial score (nSPS) is 13.9. The summed E-state index contributed by atoms with van der Waals surface area (Å²) in [5.41, 5.74) is 4.35. The quantitative estimate of drug-likeness (QED) is 0.454. The van der Waals surface area contributed by atoms with Crippen LogP contribution in [0.2, 0.25) is 0 Å². The van der Waals surface area contributed by atoms with Crippen LogP contribution in [0.15, 0.2) is 77.2 Å². The molecule has 5 rings (SSSR count). The van der Waals surface area contributed by atoms with Crippen LogP contribution in [0.5, 0.6) is 0 Å². The third kappa shape index (κ3) is 4.48. The topological polar surface area (TPSA) is 62.5 Å². The fourth-order valence-electron chi connectivity index (χ4n) is 3.99. The van der Waals surface area contributed by atoms with Crippen LogP contribution in [0, 0.1) is 12.7 Å². The van der Waals surface area contributed by atoms with Crippen LogP contribution in [0.3, 0.4) is 0 Å². The highest BCUT2D eigenvalue weighted by atomic mass is 19.1. The Morgan fingerprint density at radius 1 is 0.848 bits per heavy atom. The van der Waals surface area contributed by atoms with E-state index >= 15 is 0 Å². The minimum absolute atomic E-state index is 0.00807. The molecule has 1 saturated heterocycles. The standard InChI is InChI=1S/C26H23FN4O2/c1-18-3-2-4-21(17-18)25-29-28-24(33-25)19-5-7-20(8-6-19)26(32)31-15-13-30(14-16-31)23-11-9-22(27)10-12-23/h2-12,17H,13-16H2,1H3. The molecule has 1 fully saturated rings. The summed E-state index contributed by atoms with van der Waals surface area (Å²) in [4.78, 5) is 17.0. The first-order valence-corrected chi connectivity index (χ1v) is 10.9. The van der Waals surface area contributed by atoms with Gasteiger partial charge in [0.25, 0.3) is 5.91 Å². The highest BCUT2D eigenvalue weighted by molar-refractivity contribution is 5.94. The van der Waals surface area contributed by atoms with Crippen molar-refractivity contribution in [3.8, 4) is 22.9 Å². The number of benzene rings is 3. The summed E-state index contributed by atoms with van der Waals surface area (Å²) in [5, 5.41) is 8.31. The monoisotopic (exact) mass is 442 g/mol. The van der Waals surface area contributed by atoms with Crippen LogP contribution in [0.25, 0.3) is 22.9 Å². The molecule has 4 aromatic rings. The van der Waals surface area contributed by atoms with Crippen LogP contribution in [0.4, 0.5) is 10.1 Å². The summed E-state index contributed by atoms with van der Waals surface area (Å²) in [7, 11) is 0. The van der Waals surface area contributed by atoms with Crippen molar-refractivity contribution in [1.82, 2.24) is 15.1 Å². The van der Waals surface area contributed by atoms with Gasteiger partial charge >= 0.3 is 0 Å². The fraction of sp³-hybridized carbons (Fsp3) is 0.192. The van der Waals surface area contributed by atoms with E-state index in [1.165, 1.54) is 12.1 Å². The summed E-state index contributed by atoms with van der Waals surface area (Å²) in [6, 6.07) is 21.6. The Kier molecular flexibility index (Phi) is 5.60. The summed E-state index contributed by atoms with van der Waals surface area (Å²) in [6.45, 7) is 4.65. The number of halogens is 1. The highest BCUT2D eigenvalue weighted by Gasteiger charge is 2.22. The van der Waals surface area contributed by atoms with E-state index in [0.29, 0.717) is 43.5 Å². The predicted molar refractivity (Wildman–Crippen MR) is 124 cm³/mol. The molecule has 0 N–H and O–H groups in total. The van der Waals surface area contributed by atoms with Gasteiger partial charge in [0.2, 0.25) is 11.8 Å². The van der Waals surface area contributed by atoms with Crippen LogP contribution in [-0.4, -0.2) is 47.2 Å².